The second-order valence-electron chi connectivity index (χ2n) is 2.69. The summed E-state index contributed by atoms with van der Waals surface area (Å²) in [6.07, 6.45) is 1.57. The molecule has 2 aromatic rings. The van der Waals surface area contributed by atoms with Crippen molar-refractivity contribution in [3.8, 4) is 11.8 Å². The van der Waals surface area contributed by atoms with E-state index in [9.17, 15) is 0 Å². The molecule has 0 aliphatic heterocycles. The Morgan fingerprint density at radius 2 is 2.07 bits per heavy atom. The van der Waals surface area contributed by atoms with E-state index in [0.29, 0.717) is 10.7 Å². The Labute approximate surface area is 86.2 Å². The van der Waals surface area contributed by atoms with Gasteiger partial charge >= 0.3 is 0 Å². The Morgan fingerprint density at radius 3 is 2.79 bits per heavy atom. The van der Waals surface area contributed by atoms with Crippen LogP contribution in [-0.4, -0.2) is 9.78 Å². The fourth-order valence-electron chi connectivity index (χ4n) is 1.20. The van der Waals surface area contributed by atoms with Gasteiger partial charge in [0.2, 0.25) is 0 Å². The minimum Gasteiger partial charge on any atom is -0.222 e. The molecule has 0 N–H and O–H groups in total. The number of rotatable bonds is 1. The second-order valence-corrected chi connectivity index (χ2v) is 3.10. The van der Waals surface area contributed by atoms with Crippen LogP contribution in [0.3, 0.4) is 0 Å². The van der Waals surface area contributed by atoms with Crippen molar-refractivity contribution in [2.75, 3.05) is 0 Å². The second kappa shape index (κ2) is 3.52. The normalized spacial score (nSPS) is 9.71. The molecule has 0 spiro atoms. The summed E-state index contributed by atoms with van der Waals surface area (Å²) >= 11 is 5.97. The monoisotopic (exact) mass is 203 g/mol. The molecule has 4 heteroatoms. The number of para-hydroxylation sites is 1. The summed E-state index contributed by atoms with van der Waals surface area (Å²) in [4.78, 5) is 0. The molecule has 0 atom stereocenters. The van der Waals surface area contributed by atoms with Crippen LogP contribution >= 0.6 is 11.6 Å². The van der Waals surface area contributed by atoms with Crippen LogP contribution in [0.2, 0.25) is 5.02 Å². The summed E-state index contributed by atoms with van der Waals surface area (Å²) in [6, 6.07) is 11.0. The first-order chi connectivity index (χ1) is 6.83. The third-order valence-corrected chi connectivity index (χ3v) is 2.16. The average Bonchev–Trinajstić information content (AvgIpc) is 2.66. The van der Waals surface area contributed by atoms with Crippen molar-refractivity contribution in [1.82, 2.24) is 9.78 Å². The van der Waals surface area contributed by atoms with Gasteiger partial charge in [-0.15, -0.1) is 0 Å². The largest absolute Gasteiger partial charge is 0.222 e. The van der Waals surface area contributed by atoms with Gasteiger partial charge in [0.05, 0.1) is 16.9 Å². The van der Waals surface area contributed by atoms with E-state index in [1.54, 1.807) is 18.3 Å². The van der Waals surface area contributed by atoms with Gasteiger partial charge in [-0.3, -0.25) is 0 Å². The number of nitrogens with zero attached hydrogens (tertiary/aromatic N) is 3. The number of benzene rings is 1. The van der Waals surface area contributed by atoms with Gasteiger partial charge < -0.3 is 0 Å². The van der Waals surface area contributed by atoms with Crippen molar-refractivity contribution in [3.05, 3.63) is 47.2 Å². The summed E-state index contributed by atoms with van der Waals surface area (Å²) in [5, 5.41) is 13.4. The maximum absolute atomic E-state index is 8.81. The highest BCUT2D eigenvalue weighted by Crippen LogP contribution is 2.19. The molecule has 68 valence electrons. The van der Waals surface area contributed by atoms with Crippen molar-refractivity contribution in [1.29, 1.82) is 5.26 Å². The Balaban J connectivity index is 2.62. The van der Waals surface area contributed by atoms with E-state index in [0.717, 1.165) is 5.69 Å². The highest BCUT2D eigenvalue weighted by molar-refractivity contribution is 6.32. The molecule has 3 nitrogen and oxygen atoms in total. The highest BCUT2D eigenvalue weighted by Gasteiger charge is 2.06. The first-order valence-electron chi connectivity index (χ1n) is 4.02. The molecule has 0 saturated heterocycles. The predicted molar refractivity (Wildman–Crippen MR) is 53.3 cm³/mol. The Bertz CT molecular complexity index is 496. The smallest absolute Gasteiger partial charge is 0.144 e. The van der Waals surface area contributed by atoms with Gasteiger partial charge in [-0.25, -0.2) is 4.68 Å². The van der Waals surface area contributed by atoms with Crippen LogP contribution in [0.15, 0.2) is 36.5 Å². The molecular formula is C10H6ClN3. The van der Waals surface area contributed by atoms with Crippen LogP contribution in [0.4, 0.5) is 0 Å². The highest BCUT2D eigenvalue weighted by atomic mass is 35.5. The van der Waals surface area contributed by atoms with Gasteiger partial charge in [0.15, 0.2) is 0 Å². The van der Waals surface area contributed by atoms with Crippen molar-refractivity contribution in [2.45, 2.75) is 0 Å². The van der Waals surface area contributed by atoms with Crippen LogP contribution in [0.1, 0.15) is 5.69 Å². The van der Waals surface area contributed by atoms with E-state index in [2.05, 4.69) is 5.10 Å². The first kappa shape index (κ1) is 8.79. The van der Waals surface area contributed by atoms with Crippen LogP contribution in [0.25, 0.3) is 5.69 Å². The van der Waals surface area contributed by atoms with E-state index in [1.165, 1.54) is 4.68 Å². The van der Waals surface area contributed by atoms with Crippen molar-refractivity contribution in [2.24, 2.45) is 0 Å². The van der Waals surface area contributed by atoms with Gasteiger partial charge in [0, 0.05) is 0 Å². The predicted octanol–water partition coefficient (Wildman–Crippen LogP) is 2.40. The van der Waals surface area contributed by atoms with E-state index in [1.807, 2.05) is 24.3 Å². The lowest BCUT2D eigenvalue weighted by atomic mass is 10.3. The molecule has 0 aliphatic carbocycles. The number of hydrogen-bond donors (Lipinski definition) is 0. The fourth-order valence-corrected chi connectivity index (χ4v) is 1.42. The van der Waals surface area contributed by atoms with Crippen molar-refractivity contribution < 1.29 is 0 Å². The zero-order valence-electron chi connectivity index (χ0n) is 7.18. The molecule has 1 aromatic heterocycles. The average molecular weight is 204 g/mol. The van der Waals surface area contributed by atoms with E-state index >= 15 is 0 Å². The van der Waals surface area contributed by atoms with Crippen LogP contribution < -0.4 is 0 Å². The summed E-state index contributed by atoms with van der Waals surface area (Å²) in [6.45, 7) is 0. The van der Waals surface area contributed by atoms with Crippen molar-refractivity contribution in [3.63, 3.8) is 0 Å². The molecule has 1 aromatic carbocycles. The Kier molecular flexibility index (Phi) is 2.21. The van der Waals surface area contributed by atoms with Gasteiger partial charge in [-0.1, -0.05) is 23.7 Å². The number of hydrogen-bond acceptors (Lipinski definition) is 2. The summed E-state index contributed by atoms with van der Waals surface area (Å²) in [5.41, 5.74) is 1.19. The summed E-state index contributed by atoms with van der Waals surface area (Å²) in [5.74, 6) is 0. The fraction of sp³-hybridized carbons (Fsp3) is 0. The van der Waals surface area contributed by atoms with Gasteiger partial charge in [0.1, 0.15) is 11.8 Å². The topological polar surface area (TPSA) is 41.6 Å². The zero-order chi connectivity index (χ0) is 9.97. The first-order valence-corrected chi connectivity index (χ1v) is 4.40. The van der Waals surface area contributed by atoms with E-state index in [4.69, 9.17) is 16.9 Å². The molecular weight excluding hydrogens is 198 g/mol. The molecule has 0 fully saturated rings. The van der Waals surface area contributed by atoms with E-state index < -0.39 is 0 Å². The van der Waals surface area contributed by atoms with Gasteiger partial charge in [-0.2, -0.15) is 10.4 Å². The number of halogens is 1. The standard InChI is InChI=1S/C10H6ClN3/c11-9-3-1-2-4-10(9)14-8(7-12)5-6-13-14/h1-6H. The maximum atomic E-state index is 8.81. The minimum atomic E-state index is 0.470. The third-order valence-electron chi connectivity index (χ3n) is 1.84. The van der Waals surface area contributed by atoms with Gasteiger partial charge in [-0.05, 0) is 18.2 Å². The minimum absolute atomic E-state index is 0.470. The Morgan fingerprint density at radius 1 is 1.29 bits per heavy atom. The molecule has 0 aliphatic rings. The van der Waals surface area contributed by atoms with Crippen LogP contribution in [-0.2, 0) is 0 Å². The quantitative estimate of drug-likeness (QED) is 0.714. The summed E-state index contributed by atoms with van der Waals surface area (Å²) in [7, 11) is 0. The maximum Gasteiger partial charge on any atom is 0.144 e. The lowest BCUT2D eigenvalue weighted by Crippen LogP contribution is -1.99. The SMILES string of the molecule is N#Cc1ccnn1-c1ccccc1Cl. The summed E-state index contributed by atoms with van der Waals surface area (Å²) < 4.78 is 1.52. The zero-order valence-corrected chi connectivity index (χ0v) is 7.94. The van der Waals surface area contributed by atoms with Crippen LogP contribution in [0.5, 0.6) is 0 Å². The third kappa shape index (κ3) is 1.36. The molecule has 0 amide bonds. The lowest BCUT2D eigenvalue weighted by Gasteiger charge is -2.03. The lowest BCUT2D eigenvalue weighted by molar-refractivity contribution is 0.866. The van der Waals surface area contributed by atoms with Crippen molar-refractivity contribution >= 4 is 11.6 Å². The molecule has 0 saturated carbocycles. The van der Waals surface area contributed by atoms with Crippen LogP contribution in [0, 0.1) is 11.3 Å². The molecule has 2 rings (SSSR count). The molecule has 0 radical (unpaired) electrons. The van der Waals surface area contributed by atoms with E-state index in [-0.39, 0.29) is 0 Å². The van der Waals surface area contributed by atoms with Gasteiger partial charge in [0.25, 0.3) is 0 Å². The Hall–Kier alpha value is -1.79. The molecule has 0 unspecified atom stereocenters. The molecule has 14 heavy (non-hydrogen) atoms. The molecule has 0 bridgehead atoms. The number of aromatic nitrogens is 2. The molecule has 1 heterocycles. The number of nitriles is 1.